The number of methoxy groups -OCH3 is 2. The number of nitrogens with zero attached hydrogens (tertiary/aromatic N) is 3. The highest BCUT2D eigenvalue weighted by Gasteiger charge is 2.36. The van der Waals surface area contributed by atoms with Gasteiger partial charge >= 0.3 is 0 Å². The average Bonchev–Trinajstić information content (AvgIpc) is 3.24. The van der Waals surface area contributed by atoms with Crippen molar-refractivity contribution >= 4 is 23.3 Å². The fraction of sp³-hybridized carbons (Fsp3) is 0.435. The van der Waals surface area contributed by atoms with Crippen LogP contribution in [0.1, 0.15) is 12.0 Å². The van der Waals surface area contributed by atoms with Crippen molar-refractivity contribution in [1.82, 2.24) is 10.3 Å². The number of rotatable bonds is 7. The molecule has 0 aliphatic carbocycles. The largest absolute Gasteiger partial charge is 0.497 e. The Kier molecular flexibility index (Phi) is 6.75. The summed E-state index contributed by atoms with van der Waals surface area (Å²) in [5, 5.41) is 2.94. The van der Waals surface area contributed by atoms with Crippen molar-refractivity contribution in [3.05, 3.63) is 42.1 Å². The van der Waals surface area contributed by atoms with Crippen molar-refractivity contribution in [2.45, 2.75) is 13.0 Å². The van der Waals surface area contributed by atoms with Crippen molar-refractivity contribution in [3.63, 3.8) is 0 Å². The number of carbonyl (C=O) groups excluding carboxylic acids is 2. The Labute approximate surface area is 187 Å². The highest BCUT2D eigenvalue weighted by molar-refractivity contribution is 6.01. The Hall–Kier alpha value is -3.33. The summed E-state index contributed by atoms with van der Waals surface area (Å²) in [4.78, 5) is 33.6. The highest BCUT2D eigenvalue weighted by atomic mass is 16.5. The normalized spacial score (nSPS) is 18.6. The molecule has 1 aromatic heterocycles. The highest BCUT2D eigenvalue weighted by Crippen LogP contribution is 2.35. The molecular formula is C23H28N4O5. The van der Waals surface area contributed by atoms with Crippen LogP contribution >= 0.6 is 0 Å². The zero-order valence-corrected chi connectivity index (χ0v) is 18.4. The minimum atomic E-state index is -0.421. The van der Waals surface area contributed by atoms with Crippen molar-refractivity contribution < 1.29 is 23.8 Å². The van der Waals surface area contributed by atoms with Gasteiger partial charge in [-0.15, -0.1) is 0 Å². The minimum absolute atomic E-state index is 0.106. The average molecular weight is 441 g/mol. The lowest BCUT2D eigenvalue weighted by atomic mass is 10.1. The number of nitrogens with one attached hydrogen (secondary N) is 1. The van der Waals surface area contributed by atoms with Crippen molar-refractivity contribution in [2.75, 3.05) is 56.9 Å². The quantitative estimate of drug-likeness (QED) is 0.699. The lowest BCUT2D eigenvalue weighted by Gasteiger charge is -2.27. The molecule has 1 atom stereocenters. The molecule has 0 saturated carbocycles. The van der Waals surface area contributed by atoms with E-state index >= 15 is 0 Å². The minimum Gasteiger partial charge on any atom is -0.497 e. The molecule has 0 spiro atoms. The number of aromatic nitrogens is 1. The van der Waals surface area contributed by atoms with Crippen LogP contribution in [0.4, 0.5) is 11.5 Å². The molecule has 9 nitrogen and oxygen atoms in total. The van der Waals surface area contributed by atoms with Gasteiger partial charge in [0.2, 0.25) is 11.8 Å². The Morgan fingerprint density at radius 1 is 1.19 bits per heavy atom. The number of hydrogen-bond donors (Lipinski definition) is 1. The van der Waals surface area contributed by atoms with Crippen LogP contribution in [0.25, 0.3) is 0 Å². The van der Waals surface area contributed by atoms with Gasteiger partial charge in [0.1, 0.15) is 17.3 Å². The smallest absolute Gasteiger partial charge is 0.227 e. The first-order valence-electron chi connectivity index (χ1n) is 10.7. The lowest BCUT2D eigenvalue weighted by molar-refractivity contribution is -0.126. The predicted octanol–water partition coefficient (Wildman–Crippen LogP) is 1.60. The SMILES string of the molecule is COc1ccc(N2C[C@@H](C(=O)NCc3ccc(N4CCOCC4)nc3)CC2=O)c(OC)c1. The Balaban J connectivity index is 1.34. The molecular weight excluding hydrogens is 412 g/mol. The van der Waals surface area contributed by atoms with E-state index in [-0.39, 0.29) is 18.2 Å². The van der Waals surface area contributed by atoms with Crippen molar-refractivity contribution in [2.24, 2.45) is 5.92 Å². The van der Waals surface area contributed by atoms with E-state index in [9.17, 15) is 9.59 Å². The van der Waals surface area contributed by atoms with Crippen LogP contribution in [-0.2, 0) is 20.9 Å². The topological polar surface area (TPSA) is 93.2 Å². The summed E-state index contributed by atoms with van der Waals surface area (Å²) in [5.41, 5.74) is 1.55. The van der Waals surface area contributed by atoms with Crippen LogP contribution in [0.3, 0.4) is 0 Å². The molecule has 2 aliphatic rings. The molecule has 0 bridgehead atoms. The molecule has 4 rings (SSSR count). The summed E-state index contributed by atoms with van der Waals surface area (Å²) in [6.45, 7) is 3.74. The second-order valence-corrected chi connectivity index (χ2v) is 7.79. The third-order valence-electron chi connectivity index (χ3n) is 5.78. The third-order valence-corrected chi connectivity index (χ3v) is 5.78. The van der Waals surface area contributed by atoms with Gasteiger partial charge in [-0.3, -0.25) is 9.59 Å². The van der Waals surface area contributed by atoms with E-state index in [4.69, 9.17) is 14.2 Å². The van der Waals surface area contributed by atoms with Gasteiger partial charge in [0.05, 0.1) is 39.0 Å². The second-order valence-electron chi connectivity index (χ2n) is 7.79. The van der Waals surface area contributed by atoms with Crippen LogP contribution in [0.15, 0.2) is 36.5 Å². The fourth-order valence-corrected chi connectivity index (χ4v) is 3.96. The number of anilines is 2. The van der Waals surface area contributed by atoms with Gasteiger partial charge in [-0.25, -0.2) is 4.98 Å². The molecule has 170 valence electrons. The number of hydrogen-bond acceptors (Lipinski definition) is 7. The van der Waals surface area contributed by atoms with Crippen molar-refractivity contribution in [3.8, 4) is 11.5 Å². The monoisotopic (exact) mass is 440 g/mol. The van der Waals surface area contributed by atoms with E-state index in [0.717, 1.165) is 24.5 Å². The van der Waals surface area contributed by atoms with Crippen LogP contribution < -0.4 is 24.6 Å². The van der Waals surface area contributed by atoms with E-state index < -0.39 is 5.92 Å². The van der Waals surface area contributed by atoms with Gasteiger partial charge < -0.3 is 29.3 Å². The van der Waals surface area contributed by atoms with Crippen LogP contribution in [0.5, 0.6) is 11.5 Å². The molecule has 32 heavy (non-hydrogen) atoms. The van der Waals surface area contributed by atoms with E-state index in [0.29, 0.717) is 43.5 Å². The Morgan fingerprint density at radius 2 is 2.00 bits per heavy atom. The lowest BCUT2D eigenvalue weighted by Crippen LogP contribution is -2.36. The summed E-state index contributed by atoms with van der Waals surface area (Å²) >= 11 is 0. The number of carbonyl (C=O) groups is 2. The molecule has 1 aromatic carbocycles. The first-order chi connectivity index (χ1) is 15.6. The van der Waals surface area contributed by atoms with Crippen LogP contribution in [-0.4, -0.2) is 63.9 Å². The van der Waals surface area contributed by atoms with E-state index in [1.54, 1.807) is 43.5 Å². The Morgan fingerprint density at radius 3 is 2.69 bits per heavy atom. The van der Waals surface area contributed by atoms with Gasteiger partial charge in [0.25, 0.3) is 0 Å². The maximum atomic E-state index is 12.7. The van der Waals surface area contributed by atoms with Crippen molar-refractivity contribution in [1.29, 1.82) is 0 Å². The fourth-order valence-electron chi connectivity index (χ4n) is 3.96. The number of morpholine rings is 1. The molecule has 0 unspecified atom stereocenters. The number of pyridine rings is 1. The molecule has 2 aromatic rings. The third kappa shape index (κ3) is 4.77. The zero-order chi connectivity index (χ0) is 22.5. The molecule has 9 heteroatoms. The summed E-state index contributed by atoms with van der Waals surface area (Å²) < 4.78 is 16.0. The van der Waals surface area contributed by atoms with Crippen LogP contribution in [0.2, 0.25) is 0 Å². The van der Waals surface area contributed by atoms with Gasteiger partial charge in [-0.05, 0) is 23.8 Å². The molecule has 1 N–H and O–H groups in total. The first kappa shape index (κ1) is 21.9. The summed E-state index contributed by atoms with van der Waals surface area (Å²) in [6, 6.07) is 9.20. The maximum Gasteiger partial charge on any atom is 0.227 e. The van der Waals surface area contributed by atoms with E-state index in [1.807, 2.05) is 12.1 Å². The second kappa shape index (κ2) is 9.86. The Bertz CT molecular complexity index is 959. The van der Waals surface area contributed by atoms with E-state index in [1.165, 1.54) is 0 Å². The van der Waals surface area contributed by atoms with E-state index in [2.05, 4.69) is 15.2 Å². The maximum absolute atomic E-state index is 12.7. The van der Waals surface area contributed by atoms with Gasteiger partial charge in [-0.2, -0.15) is 0 Å². The molecule has 3 heterocycles. The summed E-state index contributed by atoms with van der Waals surface area (Å²) in [7, 11) is 3.11. The van der Waals surface area contributed by atoms with Gasteiger partial charge in [0, 0.05) is 44.9 Å². The van der Waals surface area contributed by atoms with Crippen LogP contribution in [0, 0.1) is 5.92 Å². The number of amides is 2. The van der Waals surface area contributed by atoms with Gasteiger partial charge in [0.15, 0.2) is 0 Å². The number of ether oxygens (including phenoxy) is 3. The van der Waals surface area contributed by atoms with Gasteiger partial charge in [-0.1, -0.05) is 6.07 Å². The molecule has 0 radical (unpaired) electrons. The summed E-state index contributed by atoms with van der Waals surface area (Å²) in [5.74, 6) is 1.41. The molecule has 2 saturated heterocycles. The molecule has 2 aliphatic heterocycles. The first-order valence-corrected chi connectivity index (χ1v) is 10.7. The molecule has 2 amide bonds. The zero-order valence-electron chi connectivity index (χ0n) is 18.4. The predicted molar refractivity (Wildman–Crippen MR) is 119 cm³/mol. The summed E-state index contributed by atoms with van der Waals surface area (Å²) in [6.07, 6.45) is 1.94. The molecule has 2 fully saturated rings. The number of benzene rings is 1. The standard InChI is InChI=1S/C23H28N4O5/c1-30-18-4-5-19(20(12-18)31-2)27-15-17(11-22(27)28)23(29)25-14-16-3-6-21(24-13-16)26-7-9-32-10-8-26/h3-6,12-13,17H,7-11,14-15H2,1-2H3,(H,25,29)/t17-/m0/s1.